The van der Waals surface area contributed by atoms with Gasteiger partial charge in [-0.05, 0) is 12.3 Å². The van der Waals surface area contributed by atoms with Crippen LogP contribution in [0.15, 0.2) is 23.6 Å². The lowest BCUT2D eigenvalue weighted by molar-refractivity contribution is 0.969. The molecule has 1 atom stereocenters. The smallest absolute Gasteiger partial charge is 0.175 e. The quantitative estimate of drug-likeness (QED) is 0.368. The van der Waals surface area contributed by atoms with Crippen molar-refractivity contribution in [2.45, 2.75) is 5.16 Å². The maximum Gasteiger partial charge on any atom is 0.175 e. The summed E-state index contributed by atoms with van der Waals surface area (Å²) >= 11 is 4.23. The molecular formula is C5H8N2S2. The molecule has 50 valence electrons. The second-order valence-electron chi connectivity index (χ2n) is 1.57. The van der Waals surface area contributed by atoms with Crippen LogP contribution < -0.4 is 0 Å². The molecule has 1 rings (SSSR count). The van der Waals surface area contributed by atoms with Crippen molar-refractivity contribution in [3.8, 4) is 0 Å². The Labute approximate surface area is 61.9 Å². The molecule has 0 saturated heterocycles. The van der Waals surface area contributed by atoms with Gasteiger partial charge in [-0.1, -0.05) is 0 Å². The Morgan fingerprint density at radius 1 is 1.44 bits per heavy atom. The molecule has 1 unspecified atom stereocenters. The summed E-state index contributed by atoms with van der Waals surface area (Å²) < 4.78 is 0. The average molecular weight is 160 g/mol. The number of rotatable bonds is 1. The number of hydrogen-bond acceptors (Lipinski definition) is 3. The first-order valence-electron chi connectivity index (χ1n) is 2.50. The first-order chi connectivity index (χ1) is 4.30. The first kappa shape index (κ1) is 6.89. The van der Waals surface area contributed by atoms with Crippen molar-refractivity contribution in [2.75, 3.05) is 6.26 Å². The normalized spacial score (nSPS) is 15.1. The third kappa shape index (κ3) is 1.87. The maximum atomic E-state index is 4.23. The fourth-order valence-corrected chi connectivity index (χ4v) is 1.24. The largest absolute Gasteiger partial charge is 0.232 e. The molecule has 0 radical (unpaired) electrons. The van der Waals surface area contributed by atoms with E-state index in [0.29, 0.717) is 0 Å². The predicted octanol–water partition coefficient (Wildman–Crippen LogP) is 1.31. The van der Waals surface area contributed by atoms with Gasteiger partial charge in [0.2, 0.25) is 0 Å². The van der Waals surface area contributed by atoms with E-state index in [0.717, 1.165) is 5.16 Å². The van der Waals surface area contributed by atoms with E-state index in [1.807, 2.05) is 6.26 Å². The molecule has 0 aliphatic carbocycles. The van der Waals surface area contributed by atoms with Crippen LogP contribution >= 0.6 is 21.6 Å². The van der Waals surface area contributed by atoms with Crippen LogP contribution in [0.2, 0.25) is 0 Å². The van der Waals surface area contributed by atoms with Gasteiger partial charge < -0.3 is 0 Å². The van der Waals surface area contributed by atoms with Crippen molar-refractivity contribution < 1.29 is 0 Å². The Hall–Kier alpha value is -0.220. The van der Waals surface area contributed by atoms with Crippen LogP contribution in [0.1, 0.15) is 0 Å². The van der Waals surface area contributed by atoms with Crippen molar-refractivity contribution in [1.82, 2.24) is 9.97 Å². The maximum absolute atomic E-state index is 4.23. The fourth-order valence-electron chi connectivity index (χ4n) is 0.458. The summed E-state index contributed by atoms with van der Waals surface area (Å²) in [5.41, 5.74) is 0. The number of thiol groups is 2. The summed E-state index contributed by atoms with van der Waals surface area (Å²) in [5, 5.41) is 0.843. The van der Waals surface area contributed by atoms with Gasteiger partial charge in [0.25, 0.3) is 0 Å². The second-order valence-corrected chi connectivity index (χ2v) is 4.82. The van der Waals surface area contributed by atoms with Gasteiger partial charge in [0.05, 0.1) is 0 Å². The molecule has 1 aromatic rings. The summed E-state index contributed by atoms with van der Waals surface area (Å²) in [6, 6.07) is 1.80. The van der Waals surface area contributed by atoms with E-state index in [2.05, 4.69) is 21.6 Å². The van der Waals surface area contributed by atoms with Crippen LogP contribution in [0.4, 0.5) is 0 Å². The Bertz CT molecular complexity index is 176. The Balaban J connectivity index is 2.85. The van der Waals surface area contributed by atoms with Gasteiger partial charge in [-0.2, -0.15) is 0 Å². The minimum Gasteiger partial charge on any atom is -0.232 e. The summed E-state index contributed by atoms with van der Waals surface area (Å²) in [6.07, 6.45) is 5.47. The third-order valence-corrected chi connectivity index (χ3v) is 2.19. The van der Waals surface area contributed by atoms with Gasteiger partial charge in [-0.3, -0.25) is 0 Å². The van der Waals surface area contributed by atoms with Crippen LogP contribution in [-0.4, -0.2) is 16.2 Å². The molecule has 9 heavy (non-hydrogen) atoms. The molecule has 0 fully saturated rings. The summed E-state index contributed by atoms with van der Waals surface area (Å²) in [6.45, 7) is 0. The molecule has 0 aliphatic rings. The molecule has 0 bridgehead atoms. The van der Waals surface area contributed by atoms with Crippen LogP contribution in [0.3, 0.4) is 0 Å². The molecule has 0 aromatic carbocycles. The fraction of sp³-hybridized carbons (Fsp3) is 0.200. The lowest BCUT2D eigenvalue weighted by atomic mass is 10.7. The van der Waals surface area contributed by atoms with Gasteiger partial charge in [0.15, 0.2) is 5.16 Å². The van der Waals surface area contributed by atoms with Crippen molar-refractivity contribution in [1.29, 1.82) is 0 Å². The predicted molar refractivity (Wildman–Crippen MR) is 44.2 cm³/mol. The van der Waals surface area contributed by atoms with E-state index in [1.54, 1.807) is 18.5 Å². The van der Waals surface area contributed by atoms with E-state index in [9.17, 15) is 0 Å². The highest BCUT2D eigenvalue weighted by atomic mass is 33.1. The third-order valence-electron chi connectivity index (χ3n) is 0.842. The molecule has 0 aliphatic heterocycles. The Morgan fingerprint density at radius 3 is 2.33 bits per heavy atom. The monoisotopic (exact) mass is 160 g/mol. The molecule has 4 heteroatoms. The zero-order chi connectivity index (χ0) is 6.69. The van der Waals surface area contributed by atoms with E-state index in [4.69, 9.17) is 0 Å². The SMILES string of the molecule is C[SH](S)c1ncccn1. The summed E-state index contributed by atoms with van der Waals surface area (Å²) in [4.78, 5) is 8.04. The minimum atomic E-state index is -0.423. The molecule has 0 N–H and O–H groups in total. The number of nitrogens with zero attached hydrogens (tertiary/aromatic N) is 2. The summed E-state index contributed by atoms with van der Waals surface area (Å²) in [7, 11) is -0.423. The number of aromatic nitrogens is 2. The van der Waals surface area contributed by atoms with Crippen LogP contribution in [0.5, 0.6) is 0 Å². The zero-order valence-corrected chi connectivity index (χ0v) is 6.81. The van der Waals surface area contributed by atoms with Gasteiger partial charge in [-0.25, -0.2) is 9.97 Å². The topological polar surface area (TPSA) is 25.8 Å². The van der Waals surface area contributed by atoms with E-state index >= 15 is 0 Å². The zero-order valence-electron chi connectivity index (χ0n) is 5.02. The van der Waals surface area contributed by atoms with Crippen molar-refractivity contribution in [3.63, 3.8) is 0 Å². The molecule has 1 aromatic heterocycles. The van der Waals surface area contributed by atoms with Gasteiger partial charge in [0, 0.05) is 12.4 Å². The van der Waals surface area contributed by atoms with E-state index in [1.165, 1.54) is 0 Å². The lowest BCUT2D eigenvalue weighted by Gasteiger charge is -2.02. The molecule has 0 spiro atoms. The van der Waals surface area contributed by atoms with Crippen LogP contribution in [0.25, 0.3) is 0 Å². The Morgan fingerprint density at radius 2 is 2.00 bits per heavy atom. The van der Waals surface area contributed by atoms with Gasteiger partial charge in [-0.15, -0.1) is 21.6 Å². The molecule has 2 nitrogen and oxygen atoms in total. The highest BCUT2D eigenvalue weighted by Gasteiger charge is 1.93. The number of hydrogen-bond donors (Lipinski definition) is 2. The van der Waals surface area contributed by atoms with Crippen LogP contribution in [-0.2, 0) is 0 Å². The molecule has 1 heterocycles. The second kappa shape index (κ2) is 3.08. The average Bonchev–Trinajstić information content (AvgIpc) is 1.90. The first-order valence-corrected chi connectivity index (χ1v) is 5.44. The minimum absolute atomic E-state index is 0.423. The van der Waals surface area contributed by atoms with E-state index < -0.39 is 9.93 Å². The highest BCUT2D eigenvalue weighted by Crippen LogP contribution is 2.31. The molecule has 0 amide bonds. The van der Waals surface area contributed by atoms with Gasteiger partial charge >= 0.3 is 0 Å². The van der Waals surface area contributed by atoms with E-state index in [-0.39, 0.29) is 0 Å². The van der Waals surface area contributed by atoms with Crippen molar-refractivity contribution >= 4 is 21.6 Å². The molecular weight excluding hydrogens is 152 g/mol. The lowest BCUT2D eigenvalue weighted by Crippen LogP contribution is -1.83. The van der Waals surface area contributed by atoms with Crippen LogP contribution in [0, 0.1) is 0 Å². The van der Waals surface area contributed by atoms with Crippen molar-refractivity contribution in [3.05, 3.63) is 18.5 Å². The van der Waals surface area contributed by atoms with Gasteiger partial charge in [0.1, 0.15) is 0 Å². The standard InChI is InChI=1S/C5H8N2S2/c1-9(8)5-6-3-2-4-7-5/h2-4,8-9H,1H3. The van der Waals surface area contributed by atoms with Crippen molar-refractivity contribution in [2.24, 2.45) is 0 Å². The highest BCUT2D eigenvalue weighted by molar-refractivity contribution is 8.77. The molecule has 0 saturated carbocycles. The Kier molecular flexibility index (Phi) is 2.36. The summed E-state index contributed by atoms with van der Waals surface area (Å²) in [5.74, 6) is 0.